The summed E-state index contributed by atoms with van der Waals surface area (Å²) in [6, 6.07) is 14.9. The van der Waals surface area contributed by atoms with Crippen LogP contribution in [0.3, 0.4) is 0 Å². The number of para-hydroxylation sites is 1. The lowest BCUT2D eigenvalue weighted by molar-refractivity contribution is 0.598. The van der Waals surface area contributed by atoms with E-state index in [0.717, 1.165) is 22.8 Å². The van der Waals surface area contributed by atoms with Crippen LogP contribution in [0.4, 0.5) is 11.4 Å². The van der Waals surface area contributed by atoms with Crippen molar-refractivity contribution in [2.24, 2.45) is 0 Å². The van der Waals surface area contributed by atoms with E-state index in [1.165, 1.54) is 11.3 Å². The number of hydrogen-bond acceptors (Lipinski definition) is 2. The normalized spacial score (nSPS) is 12.2. The molecule has 0 fully saturated rings. The van der Waals surface area contributed by atoms with Crippen molar-refractivity contribution >= 4 is 23.0 Å². The van der Waals surface area contributed by atoms with Crippen molar-refractivity contribution in [3.05, 3.63) is 58.6 Å². The van der Waals surface area contributed by atoms with Crippen LogP contribution in [0.25, 0.3) is 0 Å². The molecule has 2 rings (SSSR count). The molecule has 0 aliphatic carbocycles. The molecule has 0 aliphatic heterocycles. The van der Waals surface area contributed by atoms with Gasteiger partial charge < -0.3 is 10.2 Å². The Morgan fingerprint density at radius 1 is 1.19 bits per heavy atom. The van der Waals surface area contributed by atoms with Crippen LogP contribution in [0.1, 0.15) is 31.0 Å². The smallest absolute Gasteiger partial charge is 0.0474 e. The van der Waals surface area contributed by atoms with E-state index in [0.29, 0.717) is 0 Å². The van der Waals surface area contributed by atoms with Gasteiger partial charge in [0.1, 0.15) is 0 Å². The van der Waals surface area contributed by atoms with Crippen LogP contribution in [0.15, 0.2) is 42.5 Å². The molecular formula is C18H23ClN2. The maximum absolute atomic E-state index is 6.46. The zero-order valence-corrected chi connectivity index (χ0v) is 13.9. The molecule has 0 aromatic heterocycles. The van der Waals surface area contributed by atoms with E-state index in [1.54, 1.807) is 0 Å². The number of aryl methyl sites for hydroxylation is 1. The van der Waals surface area contributed by atoms with E-state index < -0.39 is 0 Å². The van der Waals surface area contributed by atoms with Crippen molar-refractivity contribution < 1.29 is 0 Å². The van der Waals surface area contributed by atoms with Gasteiger partial charge in [0.15, 0.2) is 0 Å². The molecule has 0 saturated carbocycles. The van der Waals surface area contributed by atoms with Crippen molar-refractivity contribution in [1.82, 2.24) is 5.32 Å². The predicted octanol–water partition coefficient (Wildman–Crippen LogP) is 5.09. The second-order valence-electron chi connectivity index (χ2n) is 5.33. The Morgan fingerprint density at radius 2 is 1.90 bits per heavy atom. The van der Waals surface area contributed by atoms with E-state index in [-0.39, 0.29) is 6.04 Å². The first-order valence-corrected chi connectivity index (χ1v) is 7.74. The van der Waals surface area contributed by atoms with Gasteiger partial charge in [-0.1, -0.05) is 42.8 Å². The molecule has 0 heterocycles. The first-order chi connectivity index (χ1) is 10.0. The summed E-state index contributed by atoms with van der Waals surface area (Å²) in [5, 5.41) is 4.20. The SMILES string of the molecule is CCNC(C)c1ccc(N(C)c2ccccc2C)cc1Cl. The second-order valence-corrected chi connectivity index (χ2v) is 5.74. The van der Waals surface area contributed by atoms with Crippen LogP contribution in [0.5, 0.6) is 0 Å². The minimum Gasteiger partial charge on any atom is -0.344 e. The molecule has 0 aliphatic rings. The zero-order valence-electron chi connectivity index (χ0n) is 13.2. The first kappa shape index (κ1) is 15.9. The summed E-state index contributed by atoms with van der Waals surface area (Å²) in [4.78, 5) is 2.17. The fourth-order valence-electron chi connectivity index (χ4n) is 2.57. The van der Waals surface area contributed by atoms with Crippen LogP contribution in [0.2, 0.25) is 5.02 Å². The fourth-order valence-corrected chi connectivity index (χ4v) is 2.91. The highest BCUT2D eigenvalue weighted by molar-refractivity contribution is 6.31. The summed E-state index contributed by atoms with van der Waals surface area (Å²) in [5.74, 6) is 0. The monoisotopic (exact) mass is 302 g/mol. The Hall–Kier alpha value is -1.51. The number of nitrogens with one attached hydrogen (secondary N) is 1. The van der Waals surface area contributed by atoms with Gasteiger partial charge in [0.2, 0.25) is 0 Å². The molecule has 0 spiro atoms. The molecule has 2 nitrogen and oxygen atoms in total. The average Bonchev–Trinajstić information content (AvgIpc) is 2.47. The van der Waals surface area contributed by atoms with Crippen LogP contribution < -0.4 is 10.2 Å². The molecule has 3 heteroatoms. The van der Waals surface area contributed by atoms with Gasteiger partial charge in [-0.2, -0.15) is 0 Å². The van der Waals surface area contributed by atoms with Crippen LogP contribution >= 0.6 is 11.6 Å². The summed E-state index contributed by atoms with van der Waals surface area (Å²) in [5.41, 5.74) is 4.68. The molecule has 2 aromatic carbocycles. The number of anilines is 2. The van der Waals surface area contributed by atoms with Gasteiger partial charge in [0.05, 0.1) is 0 Å². The Morgan fingerprint density at radius 3 is 2.52 bits per heavy atom. The third-order valence-electron chi connectivity index (χ3n) is 3.82. The summed E-state index contributed by atoms with van der Waals surface area (Å²) in [6.45, 7) is 7.29. The van der Waals surface area contributed by atoms with Crippen molar-refractivity contribution in [2.75, 3.05) is 18.5 Å². The van der Waals surface area contributed by atoms with Crippen molar-refractivity contribution in [3.8, 4) is 0 Å². The van der Waals surface area contributed by atoms with Gasteiger partial charge in [-0.25, -0.2) is 0 Å². The summed E-state index contributed by atoms with van der Waals surface area (Å²) in [6.07, 6.45) is 0. The van der Waals surface area contributed by atoms with Crippen molar-refractivity contribution in [3.63, 3.8) is 0 Å². The average molecular weight is 303 g/mol. The van der Waals surface area contributed by atoms with E-state index in [1.807, 2.05) is 6.07 Å². The Balaban J connectivity index is 2.30. The van der Waals surface area contributed by atoms with Crippen molar-refractivity contribution in [1.29, 1.82) is 0 Å². The first-order valence-electron chi connectivity index (χ1n) is 7.36. The van der Waals surface area contributed by atoms with Crippen LogP contribution in [-0.2, 0) is 0 Å². The standard InChI is InChI=1S/C18H23ClN2/c1-5-20-14(3)16-11-10-15(12-17(16)19)21(4)18-9-7-6-8-13(18)2/h6-12,14,20H,5H2,1-4H3. The molecule has 21 heavy (non-hydrogen) atoms. The van der Waals surface area contributed by atoms with E-state index in [4.69, 9.17) is 11.6 Å². The van der Waals surface area contributed by atoms with Crippen molar-refractivity contribution in [2.45, 2.75) is 26.8 Å². The number of halogens is 1. The van der Waals surface area contributed by atoms with Crippen LogP contribution in [-0.4, -0.2) is 13.6 Å². The Kier molecular flexibility index (Phi) is 5.27. The summed E-state index contributed by atoms with van der Waals surface area (Å²) >= 11 is 6.46. The van der Waals surface area contributed by atoms with Gasteiger partial charge in [0.25, 0.3) is 0 Å². The molecule has 1 N–H and O–H groups in total. The fraction of sp³-hybridized carbons (Fsp3) is 0.333. The predicted molar refractivity (Wildman–Crippen MR) is 92.8 cm³/mol. The van der Waals surface area contributed by atoms with E-state index in [2.05, 4.69) is 74.4 Å². The lowest BCUT2D eigenvalue weighted by Crippen LogP contribution is -2.18. The third-order valence-corrected chi connectivity index (χ3v) is 4.15. The highest BCUT2D eigenvalue weighted by atomic mass is 35.5. The molecule has 1 unspecified atom stereocenters. The molecule has 1 atom stereocenters. The molecule has 0 saturated heterocycles. The van der Waals surface area contributed by atoms with Gasteiger partial charge in [0, 0.05) is 29.5 Å². The molecule has 0 radical (unpaired) electrons. The summed E-state index contributed by atoms with van der Waals surface area (Å²) < 4.78 is 0. The molecular weight excluding hydrogens is 280 g/mol. The minimum atomic E-state index is 0.264. The molecule has 0 amide bonds. The topological polar surface area (TPSA) is 15.3 Å². The molecule has 112 valence electrons. The maximum atomic E-state index is 6.46. The molecule has 0 bridgehead atoms. The lowest BCUT2D eigenvalue weighted by atomic mass is 10.1. The number of hydrogen-bond donors (Lipinski definition) is 1. The van der Waals surface area contributed by atoms with Gasteiger partial charge in [-0.15, -0.1) is 0 Å². The number of rotatable bonds is 5. The summed E-state index contributed by atoms with van der Waals surface area (Å²) in [7, 11) is 2.07. The highest BCUT2D eigenvalue weighted by Crippen LogP contribution is 2.31. The minimum absolute atomic E-state index is 0.264. The van der Waals surface area contributed by atoms with Gasteiger partial charge in [-0.05, 0) is 49.7 Å². The van der Waals surface area contributed by atoms with E-state index >= 15 is 0 Å². The van der Waals surface area contributed by atoms with Gasteiger partial charge in [-0.3, -0.25) is 0 Å². The number of nitrogens with zero attached hydrogens (tertiary/aromatic N) is 1. The van der Waals surface area contributed by atoms with E-state index in [9.17, 15) is 0 Å². The highest BCUT2D eigenvalue weighted by Gasteiger charge is 2.12. The zero-order chi connectivity index (χ0) is 15.4. The maximum Gasteiger partial charge on any atom is 0.0474 e. The van der Waals surface area contributed by atoms with Gasteiger partial charge >= 0.3 is 0 Å². The second kappa shape index (κ2) is 6.97. The molecule has 2 aromatic rings. The Bertz CT molecular complexity index is 610. The quantitative estimate of drug-likeness (QED) is 0.828. The van der Waals surface area contributed by atoms with Crippen LogP contribution in [0, 0.1) is 6.92 Å². The third kappa shape index (κ3) is 3.58. The Labute approximate surface area is 132 Å². The lowest BCUT2D eigenvalue weighted by Gasteiger charge is -2.23. The largest absolute Gasteiger partial charge is 0.344 e. The number of benzene rings is 2.